The van der Waals surface area contributed by atoms with Gasteiger partial charge in [-0.25, -0.2) is 9.97 Å². The normalized spacial score (nSPS) is 12.4. The van der Waals surface area contributed by atoms with E-state index in [1.54, 1.807) is 18.4 Å². The highest BCUT2D eigenvalue weighted by molar-refractivity contribution is 7.09. The number of rotatable bonds is 6. The fourth-order valence-electron chi connectivity index (χ4n) is 1.92. The van der Waals surface area contributed by atoms with Crippen LogP contribution >= 0.6 is 11.3 Å². The van der Waals surface area contributed by atoms with Gasteiger partial charge in [-0.3, -0.25) is 0 Å². The van der Waals surface area contributed by atoms with E-state index in [1.807, 2.05) is 26.2 Å². The van der Waals surface area contributed by atoms with Gasteiger partial charge in [-0.2, -0.15) is 0 Å². The first kappa shape index (κ1) is 14.0. The minimum atomic E-state index is 0.376. The second-order valence-electron chi connectivity index (χ2n) is 4.49. The van der Waals surface area contributed by atoms with Crippen LogP contribution in [0.1, 0.15) is 16.3 Å². The average Bonchev–Trinajstić information content (AvgIpc) is 2.84. The Labute approximate surface area is 117 Å². The molecule has 2 aromatic rings. The maximum Gasteiger partial charge on any atom is 0.212 e. The molecule has 0 spiro atoms. The van der Waals surface area contributed by atoms with Gasteiger partial charge in [0, 0.05) is 35.8 Å². The van der Waals surface area contributed by atoms with Crippen molar-refractivity contribution < 1.29 is 4.74 Å². The highest BCUT2D eigenvalue weighted by atomic mass is 32.1. The van der Waals surface area contributed by atoms with Crippen LogP contribution in [-0.2, 0) is 12.8 Å². The lowest BCUT2D eigenvalue weighted by molar-refractivity contribution is 0.397. The van der Waals surface area contributed by atoms with Crippen LogP contribution in [0.5, 0.6) is 5.88 Å². The van der Waals surface area contributed by atoms with Crippen molar-refractivity contribution >= 4 is 11.3 Å². The summed E-state index contributed by atoms with van der Waals surface area (Å²) in [6, 6.07) is 4.33. The van der Waals surface area contributed by atoms with Gasteiger partial charge >= 0.3 is 0 Å². The Hall–Kier alpha value is -1.46. The number of aryl methyl sites for hydroxylation is 1. The van der Waals surface area contributed by atoms with Crippen molar-refractivity contribution in [3.8, 4) is 5.88 Å². The number of aromatic nitrogens is 2. The molecule has 102 valence electrons. The first-order chi connectivity index (χ1) is 9.21. The zero-order chi connectivity index (χ0) is 13.7. The molecular formula is C14H19N3OS. The van der Waals surface area contributed by atoms with Crippen molar-refractivity contribution in [3.05, 3.63) is 40.0 Å². The number of nitrogens with one attached hydrogen (secondary N) is 1. The van der Waals surface area contributed by atoms with Crippen LogP contribution in [0, 0.1) is 6.92 Å². The fourth-order valence-corrected chi connectivity index (χ4v) is 2.77. The Morgan fingerprint density at radius 3 is 2.74 bits per heavy atom. The lowest BCUT2D eigenvalue weighted by Crippen LogP contribution is -2.29. The Bertz CT molecular complexity index is 510. The number of ether oxygens (including phenoxy) is 1. The zero-order valence-corrected chi connectivity index (χ0v) is 12.3. The summed E-state index contributed by atoms with van der Waals surface area (Å²) < 4.78 is 5.06. The molecule has 4 nitrogen and oxygen atoms in total. The largest absolute Gasteiger partial charge is 0.481 e. The van der Waals surface area contributed by atoms with Gasteiger partial charge in [0.1, 0.15) is 0 Å². The predicted molar refractivity (Wildman–Crippen MR) is 77.9 cm³/mol. The van der Waals surface area contributed by atoms with E-state index < -0.39 is 0 Å². The molecule has 0 saturated heterocycles. The molecule has 0 aliphatic heterocycles. The molecule has 0 saturated carbocycles. The number of pyridine rings is 1. The number of nitrogens with zero attached hydrogens (tertiary/aromatic N) is 2. The Morgan fingerprint density at radius 1 is 1.37 bits per heavy atom. The van der Waals surface area contributed by atoms with E-state index in [2.05, 4.69) is 26.7 Å². The molecule has 19 heavy (non-hydrogen) atoms. The molecular weight excluding hydrogens is 258 g/mol. The smallest absolute Gasteiger partial charge is 0.212 e. The zero-order valence-electron chi connectivity index (χ0n) is 11.5. The fraction of sp³-hybridized carbons (Fsp3) is 0.429. The van der Waals surface area contributed by atoms with Gasteiger partial charge < -0.3 is 10.1 Å². The Morgan fingerprint density at radius 2 is 2.21 bits per heavy atom. The quantitative estimate of drug-likeness (QED) is 0.879. The molecule has 1 unspecified atom stereocenters. The average molecular weight is 277 g/mol. The summed E-state index contributed by atoms with van der Waals surface area (Å²) >= 11 is 1.72. The summed E-state index contributed by atoms with van der Waals surface area (Å²) in [6.45, 7) is 2.03. The van der Waals surface area contributed by atoms with Gasteiger partial charge in [0.2, 0.25) is 5.88 Å². The minimum Gasteiger partial charge on any atom is -0.481 e. The molecule has 0 aliphatic carbocycles. The summed E-state index contributed by atoms with van der Waals surface area (Å²) in [5, 5.41) is 6.62. The summed E-state index contributed by atoms with van der Waals surface area (Å²) in [4.78, 5) is 8.74. The monoisotopic (exact) mass is 277 g/mol. The second kappa shape index (κ2) is 6.63. The van der Waals surface area contributed by atoms with Crippen LogP contribution in [-0.4, -0.2) is 30.2 Å². The topological polar surface area (TPSA) is 47.0 Å². The number of hydrogen-bond acceptors (Lipinski definition) is 5. The van der Waals surface area contributed by atoms with Crippen molar-refractivity contribution in [1.29, 1.82) is 0 Å². The van der Waals surface area contributed by atoms with Crippen LogP contribution in [0.15, 0.2) is 23.7 Å². The first-order valence-corrected chi connectivity index (χ1v) is 7.16. The molecule has 0 aliphatic rings. The van der Waals surface area contributed by atoms with E-state index in [-0.39, 0.29) is 0 Å². The number of likely N-dealkylation sites (N-methyl/N-ethyl adjacent to an activating group) is 1. The van der Waals surface area contributed by atoms with Crippen molar-refractivity contribution in [3.63, 3.8) is 0 Å². The van der Waals surface area contributed by atoms with E-state index in [1.165, 1.54) is 10.6 Å². The van der Waals surface area contributed by atoms with Crippen LogP contribution in [0.2, 0.25) is 0 Å². The summed E-state index contributed by atoms with van der Waals surface area (Å²) in [7, 11) is 3.62. The molecule has 0 bridgehead atoms. The molecule has 5 heteroatoms. The molecule has 2 aromatic heterocycles. The standard InChI is InChI=1S/C14H19N3OS/c1-10-9-19-14(17-10)7-12(15-2)6-11-4-5-13(18-3)16-8-11/h4-5,8-9,12,15H,6-7H2,1-3H3. The van der Waals surface area contributed by atoms with E-state index >= 15 is 0 Å². The highest BCUT2D eigenvalue weighted by Crippen LogP contribution is 2.14. The van der Waals surface area contributed by atoms with Crippen molar-refractivity contribution in [1.82, 2.24) is 15.3 Å². The SMILES string of the molecule is CNC(Cc1ccc(OC)nc1)Cc1nc(C)cs1. The lowest BCUT2D eigenvalue weighted by Gasteiger charge is -2.14. The second-order valence-corrected chi connectivity index (χ2v) is 5.43. The predicted octanol–water partition coefficient (Wildman–Crippen LogP) is 2.23. The third-order valence-corrected chi connectivity index (χ3v) is 3.97. The summed E-state index contributed by atoms with van der Waals surface area (Å²) in [5.74, 6) is 0.653. The van der Waals surface area contributed by atoms with Crippen molar-refractivity contribution in [2.45, 2.75) is 25.8 Å². The number of methoxy groups -OCH3 is 1. The molecule has 0 amide bonds. The highest BCUT2D eigenvalue weighted by Gasteiger charge is 2.11. The lowest BCUT2D eigenvalue weighted by atomic mass is 10.1. The Kier molecular flexibility index (Phi) is 4.87. The van der Waals surface area contributed by atoms with E-state index in [9.17, 15) is 0 Å². The van der Waals surface area contributed by atoms with Gasteiger partial charge in [-0.15, -0.1) is 11.3 Å². The van der Waals surface area contributed by atoms with Crippen LogP contribution in [0.3, 0.4) is 0 Å². The number of thiazole rings is 1. The van der Waals surface area contributed by atoms with Gasteiger partial charge in [-0.05, 0) is 26.0 Å². The molecule has 0 aromatic carbocycles. The molecule has 2 heterocycles. The van der Waals surface area contributed by atoms with E-state index in [0.717, 1.165) is 18.5 Å². The third-order valence-electron chi connectivity index (χ3n) is 2.98. The Balaban J connectivity index is 1.97. The van der Waals surface area contributed by atoms with Gasteiger partial charge in [0.25, 0.3) is 0 Å². The molecule has 1 atom stereocenters. The van der Waals surface area contributed by atoms with Crippen LogP contribution in [0.25, 0.3) is 0 Å². The maximum atomic E-state index is 5.06. The van der Waals surface area contributed by atoms with E-state index in [0.29, 0.717) is 11.9 Å². The van der Waals surface area contributed by atoms with Crippen molar-refractivity contribution in [2.75, 3.05) is 14.2 Å². The van der Waals surface area contributed by atoms with Crippen molar-refractivity contribution in [2.24, 2.45) is 0 Å². The molecule has 0 fully saturated rings. The minimum absolute atomic E-state index is 0.376. The van der Waals surface area contributed by atoms with Crippen LogP contribution < -0.4 is 10.1 Å². The maximum absolute atomic E-state index is 5.06. The number of hydrogen-bond donors (Lipinski definition) is 1. The van der Waals surface area contributed by atoms with Gasteiger partial charge in [0.15, 0.2) is 0 Å². The van der Waals surface area contributed by atoms with Gasteiger partial charge in [0.05, 0.1) is 12.1 Å². The third kappa shape index (κ3) is 4.01. The van der Waals surface area contributed by atoms with Gasteiger partial charge in [-0.1, -0.05) is 6.07 Å². The molecule has 1 N–H and O–H groups in total. The first-order valence-electron chi connectivity index (χ1n) is 6.28. The summed E-state index contributed by atoms with van der Waals surface area (Å²) in [6.07, 6.45) is 3.75. The molecule has 0 radical (unpaired) electrons. The van der Waals surface area contributed by atoms with E-state index in [4.69, 9.17) is 4.74 Å². The molecule has 2 rings (SSSR count). The summed E-state index contributed by atoms with van der Waals surface area (Å²) in [5.41, 5.74) is 2.30. The van der Waals surface area contributed by atoms with Crippen LogP contribution in [0.4, 0.5) is 0 Å².